The van der Waals surface area contributed by atoms with Crippen LogP contribution < -0.4 is 33.4 Å². The van der Waals surface area contributed by atoms with Crippen molar-refractivity contribution < 1.29 is 80.9 Å². The zero-order valence-electron chi connectivity index (χ0n) is 43.9. The lowest BCUT2D eigenvalue weighted by molar-refractivity contribution is -0.145. The van der Waals surface area contributed by atoms with Gasteiger partial charge in [0.25, 0.3) is 0 Å². The molecule has 2 fully saturated rings. The molecule has 2 aliphatic rings. The zero-order chi connectivity index (χ0) is 56.6. The molecule has 0 unspecified atom stereocenters. The number of rotatable bonds is 29. The maximum absolute atomic E-state index is 13.9. The van der Waals surface area contributed by atoms with Crippen molar-refractivity contribution in [2.45, 2.75) is 51.4 Å². The molecular weight excluding hydrogens is 1050 g/mol. The van der Waals surface area contributed by atoms with E-state index in [0.29, 0.717) is 85.1 Å². The second kappa shape index (κ2) is 30.6. The molecule has 7 rings (SSSR count). The van der Waals surface area contributed by atoms with E-state index in [1.54, 1.807) is 59.6 Å². The Hall–Kier alpha value is -8.53. The smallest absolute Gasteiger partial charge is 0.333 e. The summed E-state index contributed by atoms with van der Waals surface area (Å²) in [6, 6.07) is 24.9. The third-order valence-corrected chi connectivity index (χ3v) is 13.8. The minimum Gasteiger partial charge on any atom is -0.485 e. The second-order valence-corrected chi connectivity index (χ2v) is 19.3. The molecule has 0 spiro atoms. The van der Waals surface area contributed by atoms with Crippen molar-refractivity contribution in [3.63, 3.8) is 0 Å². The van der Waals surface area contributed by atoms with Gasteiger partial charge < -0.3 is 47.4 Å². The number of nitrogens with zero attached hydrogens (tertiary/aromatic N) is 3. The Morgan fingerprint density at radius 2 is 1.04 bits per heavy atom. The highest BCUT2D eigenvalue weighted by Crippen LogP contribution is 2.35. The normalized spacial score (nSPS) is 16.8. The quantitative estimate of drug-likeness (QED) is 0.00826. The van der Waals surface area contributed by atoms with Gasteiger partial charge in [0.05, 0.1) is 73.1 Å². The maximum atomic E-state index is 13.9. The topological polar surface area (TPSA) is 240 Å². The Morgan fingerprint density at radius 1 is 0.550 bits per heavy atom. The van der Waals surface area contributed by atoms with Gasteiger partial charge in [-0.1, -0.05) is 43.2 Å². The van der Waals surface area contributed by atoms with Crippen LogP contribution in [-0.2, 0) is 52.5 Å². The Kier molecular flexibility index (Phi) is 22.6. The molecule has 0 bridgehead atoms. The van der Waals surface area contributed by atoms with E-state index in [-0.39, 0.29) is 70.3 Å². The fourth-order valence-electron chi connectivity index (χ4n) is 8.38. The van der Waals surface area contributed by atoms with Crippen molar-refractivity contribution >= 4 is 74.5 Å². The number of carbonyl (C=O) groups excluding carboxylic acids is 7. The number of esters is 6. The Morgan fingerprint density at radius 3 is 1.60 bits per heavy atom. The lowest BCUT2D eigenvalue weighted by Gasteiger charge is -2.26. The average Bonchev–Trinajstić information content (AvgIpc) is 3.93. The first-order valence-electron chi connectivity index (χ1n) is 25.9. The predicted molar refractivity (Wildman–Crippen MR) is 293 cm³/mol. The van der Waals surface area contributed by atoms with Crippen LogP contribution in [0.3, 0.4) is 0 Å². The summed E-state index contributed by atoms with van der Waals surface area (Å²) in [5, 5.41) is 7.02. The molecule has 0 radical (unpaired) electrons. The highest BCUT2D eigenvalue weighted by molar-refractivity contribution is 7.22. The summed E-state index contributed by atoms with van der Waals surface area (Å²) in [7, 11) is 0. The summed E-state index contributed by atoms with van der Waals surface area (Å²) in [6.07, 6.45) is 7.78. The number of benzene rings is 4. The predicted octanol–water partition coefficient (Wildman–Crippen LogP) is 8.73. The van der Waals surface area contributed by atoms with Crippen LogP contribution in [0.2, 0.25) is 0 Å². The van der Waals surface area contributed by atoms with Gasteiger partial charge in [-0.25, -0.2) is 19.6 Å². The third-order valence-electron chi connectivity index (χ3n) is 12.8. The number of carbonyl (C=O) groups is 7. The summed E-state index contributed by atoms with van der Waals surface area (Å²) < 4.78 is 56.1. The number of hydrazone groups is 1. The van der Waals surface area contributed by atoms with Crippen molar-refractivity contribution in [2.75, 3.05) is 58.0 Å². The number of para-hydroxylation sites is 1. The highest BCUT2D eigenvalue weighted by Gasteiger charge is 2.34. The fraction of sp³-hybridized carbons (Fsp3) is 0.339. The second-order valence-electron chi connectivity index (χ2n) is 18.2. The van der Waals surface area contributed by atoms with E-state index in [0.717, 1.165) is 22.4 Å². The molecule has 0 N–H and O–H groups in total. The molecule has 2 aliphatic carbocycles. The van der Waals surface area contributed by atoms with E-state index in [1.807, 2.05) is 24.3 Å². The van der Waals surface area contributed by atoms with Gasteiger partial charge in [-0.05, 0) is 136 Å². The van der Waals surface area contributed by atoms with Crippen LogP contribution in [0.15, 0.2) is 134 Å². The third kappa shape index (κ3) is 18.3. The van der Waals surface area contributed by atoms with Crippen LogP contribution in [0, 0.1) is 23.7 Å². The fourth-order valence-corrected chi connectivity index (χ4v) is 9.33. The number of thiazole rings is 1. The SMILES string of the molecule is C=CC(=O)COc1ccc(OC(=O)C2CCC(C(=O)Oc3ccc(OC(=O)C4CCC(C(=O)Oc5ccc(OCOC(=O)C=C)cc5)CC4)cc3/C=N/N(CCOCCOCCOC(=O)C=C)c3nc4ccccc4s3)CC2)cc1. The van der Waals surface area contributed by atoms with Gasteiger partial charge in [0.15, 0.2) is 12.4 Å². The number of fused-ring (bicyclic) bond motifs is 1. The average molecular weight is 1120 g/mol. The van der Waals surface area contributed by atoms with E-state index in [9.17, 15) is 33.6 Å². The van der Waals surface area contributed by atoms with Gasteiger partial charge in [0.1, 0.15) is 41.1 Å². The van der Waals surface area contributed by atoms with Crippen LogP contribution in [0.5, 0.6) is 34.5 Å². The van der Waals surface area contributed by atoms with Crippen LogP contribution >= 0.6 is 11.3 Å². The Bertz CT molecular complexity index is 2960. The van der Waals surface area contributed by atoms with E-state index in [4.69, 9.17) is 57.5 Å². The summed E-state index contributed by atoms with van der Waals surface area (Å²) in [5.74, 6) is -3.47. The number of aromatic nitrogens is 1. The molecule has 21 heteroatoms. The molecule has 5 aromatic rings. The first-order valence-corrected chi connectivity index (χ1v) is 26.7. The molecule has 1 aromatic heterocycles. The van der Waals surface area contributed by atoms with Gasteiger partial charge in [0, 0.05) is 17.7 Å². The van der Waals surface area contributed by atoms with Crippen molar-refractivity contribution in [2.24, 2.45) is 28.8 Å². The lowest BCUT2D eigenvalue weighted by atomic mass is 9.82. The maximum Gasteiger partial charge on any atom is 0.333 e. The number of ketones is 1. The molecule has 0 amide bonds. The first kappa shape index (κ1) is 59.1. The van der Waals surface area contributed by atoms with Gasteiger partial charge in [-0.15, -0.1) is 0 Å². The summed E-state index contributed by atoms with van der Waals surface area (Å²) >= 11 is 1.41. The van der Waals surface area contributed by atoms with Crippen LogP contribution in [0.25, 0.3) is 10.2 Å². The largest absolute Gasteiger partial charge is 0.485 e. The Labute approximate surface area is 465 Å². The van der Waals surface area contributed by atoms with Gasteiger partial charge in [-0.2, -0.15) is 5.10 Å². The first-order chi connectivity index (χ1) is 38.9. The van der Waals surface area contributed by atoms with Crippen LogP contribution in [0.4, 0.5) is 5.13 Å². The number of ether oxygens (including phenoxy) is 10. The molecule has 0 aliphatic heterocycles. The molecule has 80 heavy (non-hydrogen) atoms. The summed E-state index contributed by atoms with van der Waals surface area (Å²) in [4.78, 5) is 92.9. The van der Waals surface area contributed by atoms with E-state index in [1.165, 1.54) is 35.8 Å². The van der Waals surface area contributed by atoms with Crippen LogP contribution in [-0.4, -0.2) is 106 Å². The zero-order valence-corrected chi connectivity index (χ0v) is 44.7. The van der Waals surface area contributed by atoms with Crippen molar-refractivity contribution in [3.05, 3.63) is 135 Å². The van der Waals surface area contributed by atoms with Crippen molar-refractivity contribution in [1.29, 1.82) is 0 Å². The molecule has 0 atom stereocenters. The molecular formula is C59H61N3O17S. The van der Waals surface area contributed by atoms with Crippen molar-refractivity contribution in [1.82, 2.24) is 4.98 Å². The van der Waals surface area contributed by atoms with Crippen LogP contribution in [0.1, 0.15) is 56.9 Å². The van der Waals surface area contributed by atoms with Crippen molar-refractivity contribution in [3.8, 4) is 34.5 Å². The monoisotopic (exact) mass is 1120 g/mol. The van der Waals surface area contributed by atoms with Gasteiger partial charge in [0.2, 0.25) is 11.9 Å². The number of hydrogen-bond acceptors (Lipinski definition) is 21. The molecule has 420 valence electrons. The molecule has 4 aromatic carbocycles. The Balaban J connectivity index is 0.994. The molecule has 1 heterocycles. The molecule has 2 saturated carbocycles. The summed E-state index contributed by atoms with van der Waals surface area (Å²) in [5.41, 5.74) is 1.07. The molecule has 0 saturated heterocycles. The van der Waals surface area contributed by atoms with E-state index >= 15 is 0 Å². The highest BCUT2D eigenvalue weighted by atomic mass is 32.1. The number of anilines is 1. The minimum atomic E-state index is -0.624. The molecule has 20 nitrogen and oxygen atoms in total. The lowest BCUT2D eigenvalue weighted by Crippen LogP contribution is -2.30. The van der Waals surface area contributed by atoms with E-state index in [2.05, 4.69) is 19.7 Å². The van der Waals surface area contributed by atoms with E-state index < -0.39 is 59.5 Å². The van der Waals surface area contributed by atoms with Gasteiger partial charge in [-0.3, -0.25) is 24.0 Å². The number of hydrogen-bond donors (Lipinski definition) is 0. The standard InChI is InChI=1S/C59H61N3O17S/c1-4-44(63)37-73-45-19-23-47(24-20-45)76-56(67)40-15-17-42(18-16-40)58(69)79-51-28-27-49(78-57(68)41-13-11-39(12-14-41)55(66)77-48-25-21-46(22-26-48)74-38-75-54(65)6-3)35-43(51)36-60-62(59-61-50-9-7-8-10-52(50)80-59)29-30-70-31-32-71-33-34-72-53(64)5-2/h4-10,19-28,35-36,39-42H,1-3,11-18,29-34,37-38H2/b60-36+. The van der Waals surface area contributed by atoms with Gasteiger partial charge >= 0.3 is 35.8 Å². The minimum absolute atomic E-state index is 0.0772. The summed E-state index contributed by atoms with van der Waals surface area (Å²) in [6.45, 7) is 10.9.